The molecule has 8 rings (SSSR count). The highest BCUT2D eigenvalue weighted by molar-refractivity contribution is 5.16. The third kappa shape index (κ3) is 6.11. The fourth-order valence-electron chi connectivity index (χ4n) is 13.3. The maximum atomic E-state index is 11.2. The van der Waals surface area contributed by atoms with E-state index in [0.717, 1.165) is 51.4 Å². The van der Waals surface area contributed by atoms with E-state index in [-0.39, 0.29) is 29.0 Å². The van der Waals surface area contributed by atoms with Gasteiger partial charge >= 0.3 is 0 Å². The summed E-state index contributed by atoms with van der Waals surface area (Å²) in [5, 5.41) is 83.9. The van der Waals surface area contributed by atoms with Crippen molar-refractivity contribution in [2.45, 2.75) is 171 Å². The van der Waals surface area contributed by atoms with Crippen LogP contribution < -0.4 is 0 Å². The normalized spacial score (nSPS) is 59.5. The lowest BCUT2D eigenvalue weighted by Gasteiger charge is -2.61. The number of rotatable bonds is 6. The number of aliphatic hydroxyl groups is 8. The fraction of sp³-hybridized carbons (Fsp3) is 1.00. The molecule has 304 valence electrons. The summed E-state index contributed by atoms with van der Waals surface area (Å²) in [6.45, 7) is 8.73. The molecule has 4 saturated carbocycles. The Bertz CT molecular complexity index is 1310. The summed E-state index contributed by atoms with van der Waals surface area (Å²) in [4.78, 5) is 0. The number of hydrogen-bond donors (Lipinski definition) is 8. The molecule has 8 aliphatic rings. The molecule has 14 nitrogen and oxygen atoms in total. The van der Waals surface area contributed by atoms with Crippen LogP contribution in [0.15, 0.2) is 0 Å². The van der Waals surface area contributed by atoms with Crippen molar-refractivity contribution in [2.24, 2.45) is 52.3 Å². The number of hydrogen-bond acceptors (Lipinski definition) is 14. The van der Waals surface area contributed by atoms with Gasteiger partial charge < -0.3 is 69.3 Å². The van der Waals surface area contributed by atoms with E-state index in [4.69, 9.17) is 28.4 Å². The Morgan fingerprint density at radius 3 is 2.06 bits per heavy atom. The number of fused-ring (bicyclic) bond motifs is 7. The highest BCUT2D eigenvalue weighted by Crippen LogP contribution is 2.71. The lowest BCUT2D eigenvalue weighted by molar-refractivity contribution is -0.373. The first-order chi connectivity index (χ1) is 25.2. The lowest BCUT2D eigenvalue weighted by atomic mass is 9.44. The van der Waals surface area contributed by atoms with Crippen LogP contribution in [0.4, 0.5) is 0 Å². The Kier molecular flexibility index (Phi) is 10.6. The van der Waals surface area contributed by atoms with Crippen LogP contribution in [0.5, 0.6) is 0 Å². The number of aliphatic hydroxyl groups excluding tert-OH is 8. The van der Waals surface area contributed by atoms with Gasteiger partial charge in [-0.25, -0.2) is 0 Å². The lowest BCUT2D eigenvalue weighted by Crippen LogP contribution is -2.65. The van der Waals surface area contributed by atoms with Crippen molar-refractivity contribution in [1.29, 1.82) is 0 Å². The molecule has 8 fully saturated rings. The Hall–Kier alpha value is -0.560. The van der Waals surface area contributed by atoms with Crippen molar-refractivity contribution in [2.75, 3.05) is 19.8 Å². The predicted octanol–water partition coefficient (Wildman–Crippen LogP) is 0.413. The first kappa shape index (κ1) is 39.3. The van der Waals surface area contributed by atoms with Crippen LogP contribution >= 0.6 is 0 Å². The van der Waals surface area contributed by atoms with Crippen molar-refractivity contribution < 1.29 is 69.3 Å². The van der Waals surface area contributed by atoms with Crippen molar-refractivity contribution in [3.8, 4) is 0 Å². The van der Waals surface area contributed by atoms with Gasteiger partial charge in [0.05, 0.1) is 32.0 Å². The van der Waals surface area contributed by atoms with E-state index in [0.29, 0.717) is 48.5 Å². The van der Waals surface area contributed by atoms with Crippen LogP contribution in [-0.4, -0.2) is 146 Å². The van der Waals surface area contributed by atoms with E-state index >= 15 is 0 Å². The van der Waals surface area contributed by atoms with Gasteiger partial charge in [-0.05, 0) is 104 Å². The predicted molar refractivity (Wildman–Crippen MR) is 184 cm³/mol. The van der Waals surface area contributed by atoms with Crippen LogP contribution in [0.25, 0.3) is 0 Å². The molecule has 0 aromatic heterocycles. The maximum absolute atomic E-state index is 11.2. The van der Waals surface area contributed by atoms with Gasteiger partial charge in [0, 0.05) is 5.92 Å². The summed E-state index contributed by atoms with van der Waals surface area (Å²) in [5.74, 6) is 2.05. The average Bonchev–Trinajstić information content (AvgIpc) is 3.59. The van der Waals surface area contributed by atoms with E-state index in [1.54, 1.807) is 0 Å². The molecule has 1 spiro atoms. The zero-order valence-corrected chi connectivity index (χ0v) is 31.6. The highest BCUT2D eigenvalue weighted by Gasteiger charge is 2.71. The molecule has 14 heteroatoms. The maximum Gasteiger partial charge on any atom is 0.197 e. The Morgan fingerprint density at radius 1 is 0.679 bits per heavy atom. The van der Waals surface area contributed by atoms with Crippen LogP contribution in [0.3, 0.4) is 0 Å². The Labute approximate surface area is 312 Å². The summed E-state index contributed by atoms with van der Waals surface area (Å²) in [7, 11) is 0. The van der Waals surface area contributed by atoms with Gasteiger partial charge in [-0.1, -0.05) is 27.7 Å². The molecule has 4 saturated heterocycles. The van der Waals surface area contributed by atoms with Crippen LogP contribution in [0.2, 0.25) is 0 Å². The third-order valence-electron chi connectivity index (χ3n) is 16.2. The van der Waals surface area contributed by atoms with Crippen molar-refractivity contribution in [1.82, 2.24) is 0 Å². The van der Waals surface area contributed by atoms with Crippen LogP contribution in [0, 0.1) is 52.3 Å². The summed E-state index contributed by atoms with van der Waals surface area (Å²) in [6, 6.07) is 0. The molecule has 23 atom stereocenters. The van der Waals surface area contributed by atoms with E-state index in [1.807, 2.05) is 0 Å². The molecule has 8 N–H and O–H groups in total. The second-order valence-corrected chi connectivity index (χ2v) is 18.8. The first-order valence-corrected chi connectivity index (χ1v) is 20.4. The summed E-state index contributed by atoms with van der Waals surface area (Å²) in [5.41, 5.74) is 0.255. The van der Waals surface area contributed by atoms with Gasteiger partial charge in [0.2, 0.25) is 0 Å². The SMILES string of the molecule is CC1COC2(OC3CC4C5CC[C@@H]6CC(O[C@@H]7O[C@H](CO)[C@@H](O)[C@H](O)[C@H]7O[C@@H]7O[C@H](CO)[C@H](O)[C@H](O)[C@H]7O)CCC6(C)C5CCC4(C)C3C2C)C(O)C1. The van der Waals surface area contributed by atoms with Crippen LogP contribution in [0.1, 0.15) is 85.5 Å². The summed E-state index contributed by atoms with van der Waals surface area (Å²) in [6.07, 6.45) is -6.75. The largest absolute Gasteiger partial charge is 0.394 e. The first-order valence-electron chi connectivity index (χ1n) is 20.4. The van der Waals surface area contributed by atoms with E-state index in [9.17, 15) is 40.9 Å². The van der Waals surface area contributed by atoms with E-state index in [1.165, 1.54) is 0 Å². The van der Waals surface area contributed by atoms with Gasteiger partial charge in [-0.3, -0.25) is 0 Å². The van der Waals surface area contributed by atoms with Crippen LogP contribution in [-0.2, 0) is 28.4 Å². The third-order valence-corrected chi connectivity index (χ3v) is 16.2. The van der Waals surface area contributed by atoms with Gasteiger partial charge in [0.1, 0.15) is 54.9 Å². The molecule has 4 aliphatic carbocycles. The Balaban J connectivity index is 0.945. The topological polar surface area (TPSA) is 217 Å². The molecule has 0 radical (unpaired) electrons. The molecular weight excluding hydrogens is 692 g/mol. The quantitative estimate of drug-likeness (QED) is 0.173. The minimum Gasteiger partial charge on any atom is -0.394 e. The highest BCUT2D eigenvalue weighted by atomic mass is 16.8. The standard InChI is InChI=1S/C39H64O14/c1-17-11-27(42)39(48-16-17)18(2)28-24(53-39)13-23-21-6-5-19-12-20(7-9-37(19,3)22(21)8-10-38(23,28)4)49-36-34(32(46)30(44)26(15-41)51-36)52-35-33(47)31(45)29(43)25(14-40)50-35/h17-36,40-47H,5-16H2,1-4H3/t17?,18?,19-,20?,21?,22?,23?,24?,25-,26-,27?,28?,29+,30-,31+,32+,33-,34-,35+,36-,37?,38?,39?/m1/s1. The molecule has 4 heterocycles. The molecule has 0 aromatic carbocycles. The molecular formula is C39H64O14. The monoisotopic (exact) mass is 756 g/mol. The fourth-order valence-corrected chi connectivity index (χ4v) is 13.3. The van der Waals surface area contributed by atoms with Crippen molar-refractivity contribution in [3.05, 3.63) is 0 Å². The van der Waals surface area contributed by atoms with Gasteiger partial charge in [0.15, 0.2) is 18.4 Å². The van der Waals surface area contributed by atoms with Crippen molar-refractivity contribution in [3.63, 3.8) is 0 Å². The van der Waals surface area contributed by atoms with Gasteiger partial charge in [-0.2, -0.15) is 0 Å². The second kappa shape index (κ2) is 14.4. The minimum atomic E-state index is -1.72. The smallest absolute Gasteiger partial charge is 0.197 e. The van der Waals surface area contributed by atoms with Gasteiger partial charge in [0.25, 0.3) is 0 Å². The van der Waals surface area contributed by atoms with Crippen molar-refractivity contribution >= 4 is 0 Å². The summed E-state index contributed by atoms with van der Waals surface area (Å²) < 4.78 is 37.2. The minimum absolute atomic E-state index is 0.0988. The van der Waals surface area contributed by atoms with E-state index in [2.05, 4.69) is 27.7 Å². The zero-order valence-electron chi connectivity index (χ0n) is 31.6. The van der Waals surface area contributed by atoms with Gasteiger partial charge in [-0.15, -0.1) is 0 Å². The average molecular weight is 757 g/mol. The second-order valence-electron chi connectivity index (χ2n) is 18.8. The molecule has 0 aromatic rings. The zero-order chi connectivity index (χ0) is 37.8. The number of ether oxygens (including phenoxy) is 6. The van der Waals surface area contributed by atoms with E-state index < -0.39 is 86.5 Å². The molecule has 53 heavy (non-hydrogen) atoms. The Morgan fingerprint density at radius 2 is 1.36 bits per heavy atom. The molecule has 0 bridgehead atoms. The molecule has 0 amide bonds. The molecule has 4 aliphatic heterocycles. The summed E-state index contributed by atoms with van der Waals surface area (Å²) >= 11 is 0. The molecule has 12 unspecified atom stereocenters.